The predicted molar refractivity (Wildman–Crippen MR) is 83.0 cm³/mol. The first-order valence-electron chi connectivity index (χ1n) is 8.23. The van der Waals surface area contributed by atoms with Crippen LogP contribution in [0.3, 0.4) is 0 Å². The van der Waals surface area contributed by atoms with Crippen molar-refractivity contribution in [2.24, 2.45) is 0 Å². The summed E-state index contributed by atoms with van der Waals surface area (Å²) in [5.41, 5.74) is 0.403. The summed E-state index contributed by atoms with van der Waals surface area (Å²) >= 11 is 0. The van der Waals surface area contributed by atoms with E-state index in [0.29, 0.717) is 49.2 Å². The van der Waals surface area contributed by atoms with Gasteiger partial charge in [-0.3, -0.25) is 0 Å². The van der Waals surface area contributed by atoms with Crippen LogP contribution in [-0.2, 0) is 10.0 Å². The number of sulfonamides is 1. The fourth-order valence-corrected chi connectivity index (χ4v) is 4.98. The van der Waals surface area contributed by atoms with E-state index in [1.807, 2.05) is 0 Å². The number of hydrogen-bond donors (Lipinski definition) is 0. The maximum absolute atomic E-state index is 12.8. The number of rotatable bonds is 4. The number of hydrogen-bond acceptors (Lipinski definition) is 7. The third-order valence-corrected chi connectivity index (χ3v) is 6.90. The Morgan fingerprint density at radius 2 is 1.58 bits per heavy atom. The molecule has 0 unspecified atom stereocenters. The van der Waals surface area contributed by atoms with Gasteiger partial charge in [-0.05, 0) is 39.5 Å². The Kier molecular flexibility index (Phi) is 3.72. The van der Waals surface area contributed by atoms with Crippen molar-refractivity contribution < 1.29 is 17.4 Å². The van der Waals surface area contributed by atoms with E-state index in [0.717, 1.165) is 18.7 Å². The molecule has 0 radical (unpaired) electrons. The molecule has 2 aliphatic rings. The molecule has 1 saturated heterocycles. The maximum Gasteiger partial charge on any atom is 0.248 e. The number of aromatic nitrogens is 3. The minimum absolute atomic E-state index is 0.126. The standard InChI is InChI=1S/C15H20N4O4S/c1-9-13(10(2)23-18-9)24(20,21)19-7-5-12(6-8-19)15-17-16-14(22-15)11-3-4-11/h11-12H,3-8H2,1-2H3. The molecule has 9 heteroatoms. The molecular weight excluding hydrogens is 332 g/mol. The second-order valence-electron chi connectivity index (χ2n) is 6.58. The van der Waals surface area contributed by atoms with Crippen LogP contribution in [0.25, 0.3) is 0 Å². The number of nitrogens with zero attached hydrogens (tertiary/aromatic N) is 4. The van der Waals surface area contributed by atoms with Crippen molar-refractivity contribution in [2.45, 2.75) is 56.3 Å². The molecule has 3 heterocycles. The van der Waals surface area contributed by atoms with Gasteiger partial charge in [0.2, 0.25) is 21.8 Å². The van der Waals surface area contributed by atoms with Gasteiger partial charge in [0.25, 0.3) is 0 Å². The molecule has 130 valence electrons. The predicted octanol–water partition coefficient (Wildman–Crippen LogP) is 2.12. The highest BCUT2D eigenvalue weighted by Gasteiger charge is 2.36. The third-order valence-electron chi connectivity index (χ3n) is 4.75. The number of piperidine rings is 1. The first kappa shape index (κ1) is 15.8. The van der Waals surface area contributed by atoms with E-state index in [1.165, 1.54) is 4.31 Å². The molecule has 2 aromatic rings. The zero-order valence-electron chi connectivity index (χ0n) is 13.7. The second kappa shape index (κ2) is 5.66. The van der Waals surface area contributed by atoms with E-state index in [2.05, 4.69) is 15.4 Å². The Balaban J connectivity index is 1.47. The van der Waals surface area contributed by atoms with Gasteiger partial charge < -0.3 is 8.94 Å². The van der Waals surface area contributed by atoms with E-state index < -0.39 is 10.0 Å². The van der Waals surface area contributed by atoms with E-state index in [-0.39, 0.29) is 10.8 Å². The van der Waals surface area contributed by atoms with Gasteiger partial charge in [0.15, 0.2) is 5.76 Å². The van der Waals surface area contributed by atoms with Crippen LogP contribution in [0.2, 0.25) is 0 Å². The van der Waals surface area contributed by atoms with Crippen LogP contribution in [-0.4, -0.2) is 41.2 Å². The van der Waals surface area contributed by atoms with Crippen LogP contribution in [0.1, 0.15) is 60.8 Å². The molecule has 1 aliphatic heterocycles. The van der Waals surface area contributed by atoms with Crippen molar-refractivity contribution in [3.8, 4) is 0 Å². The smallest absolute Gasteiger partial charge is 0.248 e. The fourth-order valence-electron chi connectivity index (χ4n) is 3.22. The molecule has 24 heavy (non-hydrogen) atoms. The van der Waals surface area contributed by atoms with Crippen LogP contribution in [0.4, 0.5) is 0 Å². The van der Waals surface area contributed by atoms with Gasteiger partial charge >= 0.3 is 0 Å². The van der Waals surface area contributed by atoms with Crippen molar-refractivity contribution in [1.82, 2.24) is 19.7 Å². The Hall–Kier alpha value is -1.74. The zero-order chi connectivity index (χ0) is 16.9. The first-order valence-corrected chi connectivity index (χ1v) is 9.67. The lowest BCUT2D eigenvalue weighted by Crippen LogP contribution is -2.38. The summed E-state index contributed by atoms with van der Waals surface area (Å²) in [6.07, 6.45) is 3.59. The van der Waals surface area contributed by atoms with E-state index in [4.69, 9.17) is 8.94 Å². The summed E-state index contributed by atoms with van der Waals surface area (Å²) in [6.45, 7) is 4.13. The van der Waals surface area contributed by atoms with E-state index in [1.54, 1.807) is 13.8 Å². The van der Waals surface area contributed by atoms with Crippen molar-refractivity contribution >= 4 is 10.0 Å². The Morgan fingerprint density at radius 1 is 1.00 bits per heavy atom. The zero-order valence-corrected chi connectivity index (χ0v) is 14.5. The molecule has 0 amide bonds. The van der Waals surface area contributed by atoms with E-state index in [9.17, 15) is 8.42 Å². The average Bonchev–Trinajstić information content (AvgIpc) is 3.19. The van der Waals surface area contributed by atoms with E-state index >= 15 is 0 Å². The molecule has 0 atom stereocenters. The monoisotopic (exact) mass is 352 g/mol. The third kappa shape index (κ3) is 2.65. The molecule has 1 aliphatic carbocycles. The van der Waals surface area contributed by atoms with Crippen molar-refractivity contribution in [3.05, 3.63) is 23.2 Å². The quantitative estimate of drug-likeness (QED) is 0.830. The van der Waals surface area contributed by atoms with Gasteiger partial charge in [-0.2, -0.15) is 4.31 Å². The lowest BCUT2D eigenvalue weighted by molar-refractivity contribution is 0.286. The minimum atomic E-state index is -3.57. The van der Waals surface area contributed by atoms with Gasteiger partial charge in [-0.25, -0.2) is 8.42 Å². The molecule has 4 rings (SSSR count). The molecule has 0 bridgehead atoms. The lowest BCUT2D eigenvalue weighted by atomic mass is 9.98. The molecular formula is C15H20N4O4S. The average molecular weight is 352 g/mol. The van der Waals surface area contributed by atoms with Crippen LogP contribution >= 0.6 is 0 Å². The summed E-state index contributed by atoms with van der Waals surface area (Å²) < 4.78 is 37.9. The SMILES string of the molecule is Cc1noc(C)c1S(=O)(=O)N1CCC(c2nnc(C3CC3)o2)CC1. The van der Waals surface area contributed by atoms with Gasteiger partial charge in [0.1, 0.15) is 10.6 Å². The van der Waals surface area contributed by atoms with Crippen LogP contribution in [0.15, 0.2) is 13.8 Å². The normalized spacial score (nSPS) is 20.6. The molecule has 1 saturated carbocycles. The van der Waals surface area contributed by atoms with Crippen LogP contribution < -0.4 is 0 Å². The molecule has 0 spiro atoms. The van der Waals surface area contributed by atoms with Crippen LogP contribution in [0, 0.1) is 13.8 Å². The first-order chi connectivity index (χ1) is 11.5. The highest BCUT2D eigenvalue weighted by atomic mass is 32.2. The Morgan fingerprint density at radius 3 is 2.08 bits per heavy atom. The van der Waals surface area contributed by atoms with Crippen molar-refractivity contribution in [3.63, 3.8) is 0 Å². The second-order valence-corrected chi connectivity index (χ2v) is 8.46. The van der Waals surface area contributed by atoms with Gasteiger partial charge in [-0.15, -0.1) is 10.2 Å². The summed E-state index contributed by atoms with van der Waals surface area (Å²) in [5, 5.41) is 12.0. The summed E-state index contributed by atoms with van der Waals surface area (Å²) in [5.74, 6) is 2.27. The van der Waals surface area contributed by atoms with Gasteiger partial charge in [-0.1, -0.05) is 5.16 Å². The molecule has 8 nitrogen and oxygen atoms in total. The van der Waals surface area contributed by atoms with Gasteiger partial charge in [0.05, 0.1) is 0 Å². The van der Waals surface area contributed by atoms with Crippen molar-refractivity contribution in [1.29, 1.82) is 0 Å². The Labute approximate surface area is 140 Å². The topological polar surface area (TPSA) is 102 Å². The number of aryl methyl sites for hydroxylation is 2. The lowest BCUT2D eigenvalue weighted by Gasteiger charge is -2.29. The summed E-state index contributed by atoms with van der Waals surface area (Å²) in [6, 6.07) is 0. The van der Waals surface area contributed by atoms with Gasteiger partial charge in [0, 0.05) is 24.9 Å². The summed E-state index contributed by atoms with van der Waals surface area (Å²) in [4.78, 5) is 0.190. The molecule has 0 aromatic carbocycles. The largest absolute Gasteiger partial charge is 0.425 e. The minimum Gasteiger partial charge on any atom is -0.425 e. The molecule has 2 aromatic heterocycles. The molecule has 0 N–H and O–H groups in total. The fraction of sp³-hybridized carbons (Fsp3) is 0.667. The highest BCUT2D eigenvalue weighted by molar-refractivity contribution is 7.89. The van der Waals surface area contributed by atoms with Crippen LogP contribution in [0.5, 0.6) is 0 Å². The highest BCUT2D eigenvalue weighted by Crippen LogP contribution is 2.40. The van der Waals surface area contributed by atoms with Crippen molar-refractivity contribution in [2.75, 3.05) is 13.1 Å². The molecule has 2 fully saturated rings. The summed E-state index contributed by atoms with van der Waals surface area (Å²) in [7, 11) is -3.57. The Bertz CT molecular complexity index is 825. The maximum atomic E-state index is 12.8.